The molecule has 8 nitrogen and oxygen atoms in total. The summed E-state index contributed by atoms with van der Waals surface area (Å²) in [6.07, 6.45) is 9.56. The van der Waals surface area contributed by atoms with Crippen molar-refractivity contribution in [1.82, 2.24) is 0 Å². The van der Waals surface area contributed by atoms with E-state index in [-0.39, 0.29) is 54.2 Å². The van der Waals surface area contributed by atoms with E-state index in [1.165, 1.54) is 0 Å². The maximum Gasteiger partial charge on any atom is 0.165 e. The third kappa shape index (κ3) is 8.84. The van der Waals surface area contributed by atoms with E-state index in [1.807, 2.05) is 0 Å². The zero-order valence-corrected chi connectivity index (χ0v) is 24.0. The van der Waals surface area contributed by atoms with Crippen LogP contribution in [0.1, 0.15) is 105 Å². The van der Waals surface area contributed by atoms with Crippen molar-refractivity contribution in [3.63, 3.8) is 0 Å². The second-order valence-electron chi connectivity index (χ2n) is 11.9. The van der Waals surface area contributed by atoms with E-state index in [1.54, 1.807) is 0 Å². The van der Waals surface area contributed by atoms with Crippen LogP contribution in [0.5, 0.6) is 0 Å². The minimum atomic E-state index is -0.382. The smallest absolute Gasteiger partial charge is 0.165 e. The van der Waals surface area contributed by atoms with Crippen LogP contribution in [0.2, 0.25) is 0 Å². The first kappa shape index (κ1) is 32.9. The molecule has 220 valence electrons. The number of aliphatic hydroxyl groups is 4. The highest BCUT2D eigenvalue weighted by Gasteiger charge is 2.50. The fourth-order valence-electron chi connectivity index (χ4n) is 6.30. The molecule has 8 heteroatoms. The van der Waals surface area contributed by atoms with Crippen molar-refractivity contribution in [2.24, 2.45) is 16.2 Å². The van der Waals surface area contributed by atoms with E-state index in [0.717, 1.165) is 77.0 Å². The third-order valence-electron chi connectivity index (χ3n) is 8.45. The summed E-state index contributed by atoms with van der Waals surface area (Å²) in [7, 11) is 0. The van der Waals surface area contributed by atoms with Crippen molar-refractivity contribution in [2.45, 2.75) is 130 Å². The second kappa shape index (κ2) is 16.1. The van der Waals surface area contributed by atoms with Crippen LogP contribution < -0.4 is 0 Å². The van der Waals surface area contributed by atoms with Gasteiger partial charge in [0.05, 0.1) is 57.3 Å². The first-order valence-corrected chi connectivity index (χ1v) is 14.8. The van der Waals surface area contributed by atoms with Gasteiger partial charge in [-0.05, 0) is 51.4 Å². The standard InChI is InChI=1S/C23H44O6.C6H12O2/c1-5-9-22(13-24,10-6-2)19-26-15-21(16-27-19)17-28-20(29-18-21)23(14-25,11-7-3)12-8-4;7-5-1-2-6(8)4-3-5/h19-20,24-25H,5-18H2,1-4H3;5-8H,1-4H2. The molecule has 1 aliphatic carbocycles. The molecular weight excluding hydrogens is 476 g/mol. The summed E-state index contributed by atoms with van der Waals surface area (Å²) in [5.74, 6) is 0. The van der Waals surface area contributed by atoms with Gasteiger partial charge in [0.2, 0.25) is 0 Å². The van der Waals surface area contributed by atoms with Crippen molar-refractivity contribution in [3.8, 4) is 0 Å². The summed E-state index contributed by atoms with van der Waals surface area (Å²) in [6, 6.07) is 0. The molecular formula is C29H56O8. The highest BCUT2D eigenvalue weighted by Crippen LogP contribution is 2.44. The molecule has 0 aromatic heterocycles. The average molecular weight is 533 g/mol. The van der Waals surface area contributed by atoms with E-state index >= 15 is 0 Å². The van der Waals surface area contributed by atoms with Gasteiger partial charge in [0.15, 0.2) is 12.6 Å². The first-order chi connectivity index (χ1) is 17.8. The zero-order chi connectivity index (χ0) is 27.4. The summed E-state index contributed by atoms with van der Waals surface area (Å²) in [5, 5.41) is 38.1. The molecule has 2 aliphatic heterocycles. The quantitative estimate of drug-likeness (QED) is 0.296. The number of hydrogen-bond donors (Lipinski definition) is 4. The number of hydrogen-bond acceptors (Lipinski definition) is 8. The fraction of sp³-hybridized carbons (Fsp3) is 1.00. The van der Waals surface area contributed by atoms with Gasteiger partial charge in [-0.15, -0.1) is 0 Å². The Kier molecular flexibility index (Phi) is 14.3. The largest absolute Gasteiger partial charge is 0.396 e. The average Bonchev–Trinajstić information content (AvgIpc) is 2.91. The summed E-state index contributed by atoms with van der Waals surface area (Å²) in [6.45, 7) is 10.7. The lowest BCUT2D eigenvalue weighted by molar-refractivity contribution is -0.344. The summed E-state index contributed by atoms with van der Waals surface area (Å²) in [5.41, 5.74) is -0.983. The van der Waals surface area contributed by atoms with Crippen molar-refractivity contribution in [3.05, 3.63) is 0 Å². The van der Waals surface area contributed by atoms with Gasteiger partial charge in [0.1, 0.15) is 0 Å². The van der Waals surface area contributed by atoms with Gasteiger partial charge in [-0.1, -0.05) is 53.4 Å². The zero-order valence-electron chi connectivity index (χ0n) is 24.0. The summed E-state index contributed by atoms with van der Waals surface area (Å²) >= 11 is 0. The minimum Gasteiger partial charge on any atom is -0.396 e. The molecule has 0 aromatic carbocycles. The molecule has 0 radical (unpaired) electrons. The Hall–Kier alpha value is -0.320. The predicted molar refractivity (Wildman–Crippen MR) is 143 cm³/mol. The van der Waals surface area contributed by atoms with Crippen LogP contribution in [0.3, 0.4) is 0 Å². The third-order valence-corrected chi connectivity index (χ3v) is 8.45. The lowest BCUT2D eigenvalue weighted by Crippen LogP contribution is -2.58. The van der Waals surface area contributed by atoms with E-state index < -0.39 is 0 Å². The van der Waals surface area contributed by atoms with E-state index in [0.29, 0.717) is 26.4 Å². The van der Waals surface area contributed by atoms with E-state index in [9.17, 15) is 10.2 Å². The lowest BCUT2D eigenvalue weighted by Gasteiger charge is -2.50. The fourth-order valence-corrected chi connectivity index (χ4v) is 6.30. The summed E-state index contributed by atoms with van der Waals surface area (Å²) < 4.78 is 24.7. The van der Waals surface area contributed by atoms with Crippen LogP contribution in [0.4, 0.5) is 0 Å². The van der Waals surface area contributed by atoms with Crippen LogP contribution in [-0.4, -0.2) is 84.9 Å². The molecule has 37 heavy (non-hydrogen) atoms. The summed E-state index contributed by atoms with van der Waals surface area (Å²) in [4.78, 5) is 0. The molecule has 0 aromatic rings. The van der Waals surface area contributed by atoms with Crippen molar-refractivity contribution < 1.29 is 39.4 Å². The Morgan fingerprint density at radius 3 is 1.05 bits per heavy atom. The Bertz CT molecular complexity index is 523. The molecule has 0 bridgehead atoms. The van der Waals surface area contributed by atoms with Crippen LogP contribution >= 0.6 is 0 Å². The van der Waals surface area contributed by atoms with Crippen LogP contribution in [0.25, 0.3) is 0 Å². The van der Waals surface area contributed by atoms with Gasteiger partial charge in [-0.2, -0.15) is 0 Å². The molecule has 2 saturated heterocycles. The monoisotopic (exact) mass is 532 g/mol. The van der Waals surface area contributed by atoms with Crippen molar-refractivity contribution in [2.75, 3.05) is 39.6 Å². The van der Waals surface area contributed by atoms with Gasteiger partial charge in [0.25, 0.3) is 0 Å². The Morgan fingerprint density at radius 2 is 0.838 bits per heavy atom. The van der Waals surface area contributed by atoms with Gasteiger partial charge >= 0.3 is 0 Å². The van der Waals surface area contributed by atoms with Crippen LogP contribution in [0, 0.1) is 16.2 Å². The van der Waals surface area contributed by atoms with Gasteiger partial charge in [-0.3, -0.25) is 0 Å². The molecule has 0 amide bonds. The lowest BCUT2D eigenvalue weighted by atomic mass is 9.77. The molecule has 3 aliphatic rings. The number of rotatable bonds is 12. The molecule has 4 N–H and O–H groups in total. The van der Waals surface area contributed by atoms with Gasteiger partial charge in [0, 0.05) is 10.8 Å². The topological polar surface area (TPSA) is 118 Å². The maximum absolute atomic E-state index is 10.1. The molecule has 0 atom stereocenters. The molecule has 0 unspecified atom stereocenters. The van der Waals surface area contributed by atoms with Gasteiger partial charge in [-0.25, -0.2) is 0 Å². The highest BCUT2D eigenvalue weighted by molar-refractivity contribution is 4.92. The number of aliphatic hydroxyl groups excluding tert-OH is 4. The Balaban J connectivity index is 0.000000510. The van der Waals surface area contributed by atoms with Crippen molar-refractivity contribution >= 4 is 0 Å². The highest BCUT2D eigenvalue weighted by atomic mass is 16.7. The van der Waals surface area contributed by atoms with Crippen LogP contribution in [0.15, 0.2) is 0 Å². The molecule has 3 fully saturated rings. The molecule has 2 heterocycles. The normalized spacial score (nSPS) is 31.1. The molecule has 1 spiro atoms. The SMILES string of the molecule is CCCC(CO)(CCC)C1OCC2(CO1)COC(C(CO)(CCC)CCC)OC2.OC1CCC(O)CC1. The van der Waals surface area contributed by atoms with Crippen molar-refractivity contribution in [1.29, 1.82) is 0 Å². The second-order valence-corrected chi connectivity index (χ2v) is 11.9. The Labute approximate surface area is 225 Å². The maximum atomic E-state index is 10.1. The minimum absolute atomic E-state index is 0.0779. The predicted octanol–water partition coefficient (Wildman–Crippen LogP) is 4.16. The van der Waals surface area contributed by atoms with Gasteiger partial charge < -0.3 is 39.4 Å². The molecule has 1 saturated carbocycles. The van der Waals surface area contributed by atoms with E-state index in [2.05, 4.69) is 27.7 Å². The first-order valence-electron chi connectivity index (χ1n) is 14.8. The Morgan fingerprint density at radius 1 is 0.568 bits per heavy atom. The molecule has 3 rings (SSSR count). The van der Waals surface area contributed by atoms with Crippen LogP contribution in [-0.2, 0) is 18.9 Å². The number of ether oxygens (including phenoxy) is 4. The van der Waals surface area contributed by atoms with E-state index in [4.69, 9.17) is 29.2 Å².